The van der Waals surface area contributed by atoms with Crippen LogP contribution in [0.3, 0.4) is 0 Å². The number of rotatable bonds is 5. The molecule has 1 rings (SSSR count). The van der Waals surface area contributed by atoms with Gasteiger partial charge >= 0.3 is 12.1 Å². The molecule has 116 valence electrons. The standard InChI is InChI=1S/C12H18N4O5/c1-12(2,3)21-11(18)16(14-7-17)8-6-13-10(20-5)15-9(8)19-4/h6-7H,1-5H3,(H,14,17). The first kappa shape index (κ1) is 16.5. The zero-order valence-corrected chi connectivity index (χ0v) is 12.5. The molecule has 9 nitrogen and oxygen atoms in total. The van der Waals surface area contributed by atoms with Gasteiger partial charge in [-0.3, -0.25) is 10.2 Å². The number of anilines is 1. The Balaban J connectivity index is 3.16. The van der Waals surface area contributed by atoms with Crippen molar-refractivity contribution < 1.29 is 23.8 Å². The molecule has 0 aliphatic carbocycles. The Morgan fingerprint density at radius 1 is 1.33 bits per heavy atom. The monoisotopic (exact) mass is 298 g/mol. The summed E-state index contributed by atoms with van der Waals surface area (Å²) in [7, 11) is 2.75. The van der Waals surface area contributed by atoms with E-state index in [2.05, 4.69) is 15.4 Å². The van der Waals surface area contributed by atoms with E-state index in [0.717, 1.165) is 5.01 Å². The SMILES string of the molecule is COc1ncc(N(NC=O)C(=O)OC(C)(C)C)c(OC)n1. The molecule has 0 unspecified atom stereocenters. The van der Waals surface area contributed by atoms with Crippen LogP contribution < -0.4 is 19.9 Å². The van der Waals surface area contributed by atoms with E-state index in [1.807, 2.05) is 0 Å². The van der Waals surface area contributed by atoms with Gasteiger partial charge in [0.1, 0.15) is 5.60 Å². The van der Waals surface area contributed by atoms with Crippen LogP contribution in [0, 0.1) is 0 Å². The van der Waals surface area contributed by atoms with E-state index in [-0.39, 0.29) is 17.6 Å². The normalized spacial score (nSPS) is 10.5. The largest absolute Gasteiger partial charge is 0.479 e. The number of methoxy groups -OCH3 is 2. The Kier molecular flexibility index (Phi) is 5.28. The van der Waals surface area contributed by atoms with Crippen molar-refractivity contribution in [1.29, 1.82) is 0 Å². The fraction of sp³-hybridized carbons (Fsp3) is 0.500. The zero-order valence-electron chi connectivity index (χ0n) is 12.5. The third kappa shape index (κ3) is 4.48. The minimum absolute atomic E-state index is 0.0436. The van der Waals surface area contributed by atoms with Crippen LogP contribution >= 0.6 is 0 Å². The Hall–Kier alpha value is -2.58. The van der Waals surface area contributed by atoms with Crippen LogP contribution in [0.5, 0.6) is 11.9 Å². The first-order valence-corrected chi connectivity index (χ1v) is 6.00. The average molecular weight is 298 g/mol. The van der Waals surface area contributed by atoms with Crippen LogP contribution in [0.2, 0.25) is 0 Å². The van der Waals surface area contributed by atoms with Crippen LogP contribution in [0.1, 0.15) is 20.8 Å². The Bertz CT molecular complexity index is 515. The van der Waals surface area contributed by atoms with Crippen molar-refractivity contribution in [3.05, 3.63) is 6.20 Å². The minimum atomic E-state index is -0.804. The van der Waals surface area contributed by atoms with E-state index in [9.17, 15) is 9.59 Å². The van der Waals surface area contributed by atoms with Crippen LogP contribution in [-0.2, 0) is 9.53 Å². The molecule has 1 aromatic rings. The first-order valence-electron chi connectivity index (χ1n) is 6.00. The first-order chi connectivity index (χ1) is 9.82. The number of hydrogen-bond acceptors (Lipinski definition) is 7. The second-order valence-corrected chi connectivity index (χ2v) is 4.81. The second kappa shape index (κ2) is 6.73. The number of nitrogens with zero attached hydrogens (tertiary/aromatic N) is 3. The molecule has 1 N–H and O–H groups in total. The number of nitrogens with one attached hydrogen (secondary N) is 1. The Morgan fingerprint density at radius 2 is 2.00 bits per heavy atom. The van der Waals surface area contributed by atoms with Crippen LogP contribution in [0.25, 0.3) is 0 Å². The lowest BCUT2D eigenvalue weighted by Gasteiger charge is -2.26. The molecule has 9 heteroatoms. The summed E-state index contributed by atoms with van der Waals surface area (Å²) in [4.78, 5) is 30.6. The number of amides is 2. The number of hydrogen-bond donors (Lipinski definition) is 1. The van der Waals surface area contributed by atoms with Crippen molar-refractivity contribution in [3.63, 3.8) is 0 Å². The predicted octanol–water partition coefficient (Wildman–Crippen LogP) is 0.896. The third-order valence-corrected chi connectivity index (χ3v) is 2.09. The summed E-state index contributed by atoms with van der Waals surface area (Å²) in [6.45, 7) is 5.10. The van der Waals surface area contributed by atoms with Gasteiger partial charge in [-0.15, -0.1) is 0 Å². The summed E-state index contributed by atoms with van der Waals surface area (Å²) in [6.07, 6.45) is 0.792. The molecule has 0 aliphatic rings. The summed E-state index contributed by atoms with van der Waals surface area (Å²) >= 11 is 0. The van der Waals surface area contributed by atoms with Crippen molar-refractivity contribution in [2.45, 2.75) is 26.4 Å². The molecule has 1 heterocycles. The minimum Gasteiger partial charge on any atom is -0.479 e. The zero-order chi connectivity index (χ0) is 16.0. The maximum Gasteiger partial charge on any atom is 0.434 e. The highest BCUT2D eigenvalue weighted by Crippen LogP contribution is 2.26. The van der Waals surface area contributed by atoms with E-state index < -0.39 is 11.7 Å². The van der Waals surface area contributed by atoms with Crippen molar-refractivity contribution in [2.75, 3.05) is 19.2 Å². The lowest BCUT2D eigenvalue weighted by atomic mass is 10.2. The predicted molar refractivity (Wildman–Crippen MR) is 73.0 cm³/mol. The quantitative estimate of drug-likeness (QED) is 0.636. The van der Waals surface area contributed by atoms with E-state index in [0.29, 0.717) is 6.41 Å². The maximum atomic E-state index is 12.1. The lowest BCUT2D eigenvalue weighted by molar-refractivity contribution is -0.109. The topological polar surface area (TPSA) is 103 Å². The smallest absolute Gasteiger partial charge is 0.434 e. The van der Waals surface area contributed by atoms with Gasteiger partial charge in [-0.1, -0.05) is 0 Å². The van der Waals surface area contributed by atoms with Gasteiger partial charge in [0.15, 0.2) is 5.69 Å². The number of hydrazine groups is 1. The molecule has 0 aromatic carbocycles. The second-order valence-electron chi connectivity index (χ2n) is 4.81. The number of carbonyl (C=O) groups excluding carboxylic acids is 2. The van der Waals surface area contributed by atoms with E-state index in [1.165, 1.54) is 20.4 Å². The van der Waals surface area contributed by atoms with Gasteiger partial charge in [-0.2, -0.15) is 9.99 Å². The van der Waals surface area contributed by atoms with Crippen LogP contribution in [0.15, 0.2) is 6.20 Å². The number of aromatic nitrogens is 2. The fourth-order valence-electron chi connectivity index (χ4n) is 1.33. The fourth-order valence-corrected chi connectivity index (χ4v) is 1.33. The van der Waals surface area contributed by atoms with Gasteiger partial charge in [0, 0.05) is 0 Å². The molecule has 1 aromatic heterocycles. The van der Waals surface area contributed by atoms with Crippen LogP contribution in [-0.4, -0.2) is 42.3 Å². The molecule has 0 saturated carbocycles. The van der Waals surface area contributed by atoms with E-state index >= 15 is 0 Å². The Labute approximate surface area is 122 Å². The number of ether oxygens (including phenoxy) is 3. The molecule has 0 bridgehead atoms. The summed E-state index contributed by atoms with van der Waals surface area (Å²) in [5.41, 5.74) is 1.59. The lowest BCUT2D eigenvalue weighted by Crippen LogP contribution is -2.45. The number of carbonyl (C=O) groups is 2. The van der Waals surface area contributed by atoms with Crippen molar-refractivity contribution in [3.8, 4) is 11.9 Å². The molecule has 2 amide bonds. The van der Waals surface area contributed by atoms with Gasteiger partial charge in [-0.25, -0.2) is 9.78 Å². The third-order valence-electron chi connectivity index (χ3n) is 2.09. The Morgan fingerprint density at radius 3 is 2.48 bits per heavy atom. The van der Waals surface area contributed by atoms with Gasteiger partial charge in [0.05, 0.1) is 20.4 Å². The molecule has 0 aliphatic heterocycles. The van der Waals surface area contributed by atoms with Crippen molar-refractivity contribution in [2.24, 2.45) is 0 Å². The summed E-state index contributed by atoms with van der Waals surface area (Å²) < 4.78 is 15.1. The molecule has 0 saturated heterocycles. The van der Waals surface area contributed by atoms with Crippen LogP contribution in [0.4, 0.5) is 10.5 Å². The summed E-state index contributed by atoms with van der Waals surface area (Å²) in [5, 5.41) is 0.844. The van der Waals surface area contributed by atoms with Crippen molar-refractivity contribution >= 4 is 18.2 Å². The molecule has 21 heavy (non-hydrogen) atoms. The molecule has 0 radical (unpaired) electrons. The van der Waals surface area contributed by atoms with E-state index in [4.69, 9.17) is 14.2 Å². The molecular weight excluding hydrogens is 280 g/mol. The highest BCUT2D eigenvalue weighted by atomic mass is 16.6. The van der Waals surface area contributed by atoms with E-state index in [1.54, 1.807) is 20.8 Å². The van der Waals surface area contributed by atoms with Crippen molar-refractivity contribution in [1.82, 2.24) is 15.4 Å². The summed E-state index contributed by atoms with van der Waals surface area (Å²) in [6, 6.07) is 0.0610. The average Bonchev–Trinajstić information content (AvgIpc) is 2.42. The molecule has 0 atom stereocenters. The molecule has 0 spiro atoms. The van der Waals surface area contributed by atoms with Gasteiger partial charge in [-0.05, 0) is 20.8 Å². The van der Waals surface area contributed by atoms with Gasteiger partial charge in [0.2, 0.25) is 12.3 Å². The maximum absolute atomic E-state index is 12.1. The molecular formula is C12H18N4O5. The van der Waals surface area contributed by atoms with Gasteiger partial charge < -0.3 is 14.2 Å². The molecule has 0 fully saturated rings. The highest BCUT2D eigenvalue weighted by Gasteiger charge is 2.27. The summed E-state index contributed by atoms with van der Waals surface area (Å²) in [5.74, 6) is 0.0436. The highest BCUT2D eigenvalue weighted by molar-refractivity contribution is 5.90. The van der Waals surface area contributed by atoms with Gasteiger partial charge in [0.25, 0.3) is 0 Å².